The summed E-state index contributed by atoms with van der Waals surface area (Å²) in [6.07, 6.45) is 4.08. The molecule has 2 aromatic carbocycles. The molecule has 0 aromatic heterocycles. The molecule has 0 aliphatic rings. The maximum atomic E-state index is 12.0. The Labute approximate surface area is 135 Å². The van der Waals surface area contributed by atoms with Crippen LogP contribution in [0.5, 0.6) is 11.5 Å². The van der Waals surface area contributed by atoms with Crippen molar-refractivity contribution in [1.29, 1.82) is 0 Å². The molecule has 2 rings (SSSR count). The molecule has 0 bridgehead atoms. The summed E-state index contributed by atoms with van der Waals surface area (Å²) in [5.41, 5.74) is 1.31. The van der Waals surface area contributed by atoms with Gasteiger partial charge in [-0.15, -0.1) is 0 Å². The molecule has 0 amide bonds. The Morgan fingerprint density at radius 2 is 1.52 bits per heavy atom. The highest BCUT2D eigenvalue weighted by molar-refractivity contribution is 7.86. The molecule has 0 fully saturated rings. The second-order valence-electron chi connectivity index (χ2n) is 4.78. The van der Waals surface area contributed by atoms with E-state index in [2.05, 4.69) is 0 Å². The van der Waals surface area contributed by atoms with Gasteiger partial charge in [-0.25, -0.2) is 0 Å². The summed E-state index contributed by atoms with van der Waals surface area (Å²) in [6, 6.07) is 13.2. The quantitative estimate of drug-likeness (QED) is 0.462. The molecule has 0 spiro atoms. The average Bonchev–Trinajstić information content (AvgIpc) is 2.52. The molecule has 5 nitrogen and oxygen atoms in total. The van der Waals surface area contributed by atoms with Gasteiger partial charge in [0.1, 0.15) is 11.5 Å². The van der Waals surface area contributed by atoms with E-state index < -0.39 is 10.1 Å². The van der Waals surface area contributed by atoms with Crippen molar-refractivity contribution in [2.75, 3.05) is 13.4 Å². The van der Waals surface area contributed by atoms with Crippen molar-refractivity contribution in [2.24, 2.45) is 0 Å². The van der Waals surface area contributed by atoms with Crippen LogP contribution in [0.15, 0.2) is 54.6 Å². The highest BCUT2D eigenvalue weighted by Gasteiger charge is 2.04. The number of ether oxygens (including phenoxy) is 1. The SMILES string of the molecule is COc1ccc(C(=O)C=Cc2ccc(OS(C)(=O)=O)cc2)cc1. The fourth-order valence-electron chi connectivity index (χ4n) is 1.83. The van der Waals surface area contributed by atoms with Gasteiger partial charge in [0.05, 0.1) is 13.4 Å². The third kappa shape index (κ3) is 5.27. The van der Waals surface area contributed by atoms with E-state index in [1.165, 1.54) is 18.2 Å². The van der Waals surface area contributed by atoms with Crippen LogP contribution in [0.2, 0.25) is 0 Å². The van der Waals surface area contributed by atoms with E-state index in [9.17, 15) is 13.2 Å². The number of hydrogen-bond acceptors (Lipinski definition) is 5. The van der Waals surface area contributed by atoms with Gasteiger partial charge < -0.3 is 8.92 Å². The predicted molar refractivity (Wildman–Crippen MR) is 88.3 cm³/mol. The first kappa shape index (κ1) is 16.8. The summed E-state index contributed by atoms with van der Waals surface area (Å²) in [6.45, 7) is 0. The number of methoxy groups -OCH3 is 1. The molecular formula is C17H16O5S. The maximum absolute atomic E-state index is 12.0. The van der Waals surface area contributed by atoms with Crippen molar-refractivity contribution >= 4 is 22.0 Å². The first-order valence-electron chi connectivity index (χ1n) is 6.73. The monoisotopic (exact) mass is 332 g/mol. The lowest BCUT2D eigenvalue weighted by molar-refractivity contribution is 0.104. The van der Waals surface area contributed by atoms with Crippen LogP contribution in [0.1, 0.15) is 15.9 Å². The number of benzene rings is 2. The highest BCUT2D eigenvalue weighted by atomic mass is 32.2. The zero-order valence-corrected chi connectivity index (χ0v) is 13.5. The number of allylic oxidation sites excluding steroid dienone is 1. The first-order valence-corrected chi connectivity index (χ1v) is 8.55. The molecule has 0 saturated heterocycles. The molecule has 0 unspecified atom stereocenters. The third-order valence-electron chi connectivity index (χ3n) is 2.93. The van der Waals surface area contributed by atoms with Crippen LogP contribution in [0.3, 0.4) is 0 Å². The van der Waals surface area contributed by atoms with Crippen LogP contribution in [0.25, 0.3) is 6.08 Å². The van der Waals surface area contributed by atoms with Crippen LogP contribution in [-0.2, 0) is 10.1 Å². The van der Waals surface area contributed by atoms with Crippen molar-refractivity contribution in [3.63, 3.8) is 0 Å². The van der Waals surface area contributed by atoms with Crippen molar-refractivity contribution in [3.05, 3.63) is 65.7 Å². The lowest BCUT2D eigenvalue weighted by Crippen LogP contribution is -2.05. The molecule has 120 valence electrons. The van der Waals surface area contributed by atoms with E-state index in [-0.39, 0.29) is 11.5 Å². The van der Waals surface area contributed by atoms with Gasteiger partial charge in [0.2, 0.25) is 0 Å². The molecule has 6 heteroatoms. The lowest BCUT2D eigenvalue weighted by Gasteiger charge is -2.02. The molecule has 0 N–H and O–H groups in total. The maximum Gasteiger partial charge on any atom is 0.306 e. The Kier molecular flexibility index (Phi) is 5.18. The first-order chi connectivity index (χ1) is 10.9. The Morgan fingerprint density at radius 1 is 0.957 bits per heavy atom. The van der Waals surface area contributed by atoms with E-state index >= 15 is 0 Å². The number of hydrogen-bond donors (Lipinski definition) is 0. The Morgan fingerprint density at radius 3 is 2.04 bits per heavy atom. The van der Waals surface area contributed by atoms with Gasteiger partial charge in [0, 0.05) is 5.56 Å². The van der Waals surface area contributed by atoms with Crippen LogP contribution in [-0.4, -0.2) is 27.6 Å². The summed E-state index contributed by atoms with van der Waals surface area (Å²) in [5, 5.41) is 0. The minimum Gasteiger partial charge on any atom is -0.497 e. The van der Waals surface area contributed by atoms with Crippen LogP contribution < -0.4 is 8.92 Å². The normalized spacial score (nSPS) is 11.4. The van der Waals surface area contributed by atoms with Crippen molar-refractivity contribution in [3.8, 4) is 11.5 Å². The summed E-state index contributed by atoms with van der Waals surface area (Å²) in [7, 11) is -1.98. The summed E-state index contributed by atoms with van der Waals surface area (Å²) in [5.74, 6) is 0.780. The average molecular weight is 332 g/mol. The second kappa shape index (κ2) is 7.11. The molecule has 0 aliphatic heterocycles. The Balaban J connectivity index is 2.05. The van der Waals surface area contributed by atoms with E-state index in [1.807, 2.05) is 0 Å². The second-order valence-corrected chi connectivity index (χ2v) is 6.36. The molecule has 0 radical (unpaired) electrons. The van der Waals surface area contributed by atoms with Crippen molar-refractivity contribution in [1.82, 2.24) is 0 Å². The zero-order valence-electron chi connectivity index (χ0n) is 12.7. The molecule has 0 aliphatic carbocycles. The topological polar surface area (TPSA) is 69.7 Å². The van der Waals surface area contributed by atoms with Crippen molar-refractivity contribution in [2.45, 2.75) is 0 Å². The molecule has 0 atom stereocenters. The van der Waals surface area contributed by atoms with Crippen LogP contribution in [0, 0.1) is 0 Å². The largest absolute Gasteiger partial charge is 0.497 e. The van der Waals surface area contributed by atoms with E-state index in [4.69, 9.17) is 8.92 Å². The predicted octanol–water partition coefficient (Wildman–Crippen LogP) is 2.93. The molecule has 23 heavy (non-hydrogen) atoms. The van der Waals surface area contributed by atoms with Gasteiger partial charge in [0.25, 0.3) is 0 Å². The molecule has 0 saturated carbocycles. The van der Waals surface area contributed by atoms with E-state index in [0.717, 1.165) is 11.8 Å². The summed E-state index contributed by atoms with van der Waals surface area (Å²) in [4.78, 5) is 12.0. The molecule has 0 heterocycles. The summed E-state index contributed by atoms with van der Waals surface area (Å²) >= 11 is 0. The van der Waals surface area contributed by atoms with E-state index in [0.29, 0.717) is 11.3 Å². The Hall–Kier alpha value is -2.60. The van der Waals surface area contributed by atoms with Crippen LogP contribution >= 0.6 is 0 Å². The highest BCUT2D eigenvalue weighted by Crippen LogP contribution is 2.16. The number of ketones is 1. The minimum absolute atomic E-state index is 0.135. The number of carbonyl (C=O) groups is 1. The minimum atomic E-state index is -3.54. The smallest absolute Gasteiger partial charge is 0.306 e. The standard InChI is InChI=1S/C17H16O5S/c1-21-15-10-6-14(7-11-15)17(18)12-5-13-3-8-16(9-4-13)22-23(2,19)20/h3-12H,1-2H3. The number of carbonyl (C=O) groups excluding carboxylic acids is 1. The van der Waals surface area contributed by atoms with Gasteiger partial charge in [0.15, 0.2) is 5.78 Å². The van der Waals surface area contributed by atoms with Crippen molar-refractivity contribution < 1.29 is 22.1 Å². The Bertz CT molecular complexity index is 803. The molecule has 2 aromatic rings. The van der Waals surface area contributed by atoms with Crippen LogP contribution in [0.4, 0.5) is 0 Å². The van der Waals surface area contributed by atoms with Gasteiger partial charge in [-0.2, -0.15) is 8.42 Å². The lowest BCUT2D eigenvalue weighted by atomic mass is 10.1. The van der Waals surface area contributed by atoms with Gasteiger partial charge in [-0.05, 0) is 48.0 Å². The fraction of sp³-hybridized carbons (Fsp3) is 0.118. The van der Waals surface area contributed by atoms with E-state index in [1.54, 1.807) is 49.6 Å². The fourth-order valence-corrected chi connectivity index (χ4v) is 2.29. The third-order valence-corrected chi connectivity index (χ3v) is 3.42. The molecular weight excluding hydrogens is 316 g/mol. The summed E-state index contributed by atoms with van der Waals surface area (Å²) < 4.78 is 31.8. The van der Waals surface area contributed by atoms with Gasteiger partial charge in [-0.1, -0.05) is 18.2 Å². The van der Waals surface area contributed by atoms with Gasteiger partial charge >= 0.3 is 10.1 Å². The van der Waals surface area contributed by atoms with Gasteiger partial charge in [-0.3, -0.25) is 4.79 Å². The number of rotatable bonds is 6. The zero-order chi connectivity index (χ0) is 16.9.